The average molecular weight is 271 g/mol. The van der Waals surface area contributed by atoms with Crippen LogP contribution in [0.4, 0.5) is 0 Å². The Morgan fingerprint density at radius 3 is 2.71 bits per heavy atom. The highest BCUT2D eigenvalue weighted by Gasteiger charge is 2.12. The van der Waals surface area contributed by atoms with Crippen LogP contribution in [0.1, 0.15) is 0 Å². The van der Waals surface area contributed by atoms with Gasteiger partial charge in [0, 0.05) is 5.56 Å². The fourth-order valence-electron chi connectivity index (χ4n) is 1.43. The van der Waals surface area contributed by atoms with Crippen LogP contribution in [0.5, 0.6) is 5.75 Å². The van der Waals surface area contributed by atoms with E-state index in [2.05, 4.69) is 9.97 Å². The molecule has 0 saturated carbocycles. The maximum absolute atomic E-state index is 11.5. The number of methoxy groups -OCH3 is 1. The molecule has 0 aliphatic heterocycles. The van der Waals surface area contributed by atoms with Crippen molar-refractivity contribution in [3.05, 3.63) is 44.9 Å². The van der Waals surface area contributed by atoms with E-state index in [1.807, 2.05) is 0 Å². The second-order valence-electron chi connectivity index (χ2n) is 3.24. The maximum Gasteiger partial charge on any atom is 0.293 e. The number of rotatable bonds is 2. The molecule has 17 heavy (non-hydrogen) atoms. The first-order valence-corrected chi connectivity index (χ1v) is 5.46. The molecule has 88 valence electrons. The summed E-state index contributed by atoms with van der Waals surface area (Å²) in [5.41, 5.74) is 0.751. The van der Waals surface area contributed by atoms with Gasteiger partial charge in [-0.2, -0.15) is 0 Å². The summed E-state index contributed by atoms with van der Waals surface area (Å²) in [6.07, 6.45) is 1.31. The molecule has 0 spiro atoms. The van der Waals surface area contributed by atoms with Crippen molar-refractivity contribution in [1.29, 1.82) is 0 Å². The first-order valence-electron chi connectivity index (χ1n) is 4.70. The van der Waals surface area contributed by atoms with Gasteiger partial charge in [0.25, 0.3) is 5.56 Å². The van der Waals surface area contributed by atoms with Gasteiger partial charge in [-0.15, -0.1) is 0 Å². The van der Waals surface area contributed by atoms with Crippen LogP contribution in [-0.2, 0) is 0 Å². The fourth-order valence-corrected chi connectivity index (χ4v) is 1.72. The molecule has 0 fully saturated rings. The SMILES string of the molecule is COc1c(-c2ccc(Cl)c(Cl)c2)nc[nH]c1=O. The van der Waals surface area contributed by atoms with Crippen LogP contribution in [0.15, 0.2) is 29.3 Å². The van der Waals surface area contributed by atoms with E-state index < -0.39 is 0 Å². The Morgan fingerprint density at radius 2 is 2.06 bits per heavy atom. The Bertz CT molecular complexity index is 611. The normalized spacial score (nSPS) is 10.3. The van der Waals surface area contributed by atoms with E-state index in [0.717, 1.165) is 0 Å². The summed E-state index contributed by atoms with van der Waals surface area (Å²) in [6.45, 7) is 0. The molecule has 0 aliphatic rings. The van der Waals surface area contributed by atoms with Crippen molar-refractivity contribution < 1.29 is 4.74 Å². The summed E-state index contributed by atoms with van der Waals surface area (Å²) in [5.74, 6) is 0.144. The number of halogens is 2. The number of ether oxygens (including phenoxy) is 1. The Balaban J connectivity index is 2.64. The summed E-state index contributed by atoms with van der Waals surface area (Å²) < 4.78 is 5.02. The number of hydrogen-bond acceptors (Lipinski definition) is 3. The van der Waals surface area contributed by atoms with Crippen molar-refractivity contribution in [2.24, 2.45) is 0 Å². The number of aromatic nitrogens is 2. The number of benzene rings is 1. The quantitative estimate of drug-likeness (QED) is 0.913. The third-order valence-electron chi connectivity index (χ3n) is 2.21. The lowest BCUT2D eigenvalue weighted by Gasteiger charge is -2.06. The minimum atomic E-state index is -0.344. The monoisotopic (exact) mass is 270 g/mol. The molecule has 0 unspecified atom stereocenters. The topological polar surface area (TPSA) is 55.0 Å². The van der Waals surface area contributed by atoms with Gasteiger partial charge in [0.1, 0.15) is 5.69 Å². The summed E-state index contributed by atoms with van der Waals surface area (Å²) in [7, 11) is 1.41. The molecule has 1 aromatic carbocycles. The molecule has 0 radical (unpaired) electrons. The summed E-state index contributed by atoms with van der Waals surface area (Å²) in [5, 5.41) is 0.840. The molecule has 0 amide bonds. The van der Waals surface area contributed by atoms with Crippen LogP contribution in [0.2, 0.25) is 10.0 Å². The number of aromatic amines is 1. The van der Waals surface area contributed by atoms with E-state index in [9.17, 15) is 4.79 Å². The molecule has 1 N–H and O–H groups in total. The molecule has 0 saturated heterocycles. The lowest BCUT2D eigenvalue weighted by atomic mass is 10.1. The summed E-state index contributed by atoms with van der Waals surface area (Å²) in [4.78, 5) is 18.0. The van der Waals surface area contributed by atoms with Crippen LogP contribution in [0.25, 0.3) is 11.3 Å². The molecule has 1 aromatic heterocycles. The minimum Gasteiger partial charge on any atom is -0.490 e. The number of nitrogens with zero attached hydrogens (tertiary/aromatic N) is 1. The molecule has 1 heterocycles. The number of H-pyrrole nitrogens is 1. The fraction of sp³-hybridized carbons (Fsp3) is 0.0909. The van der Waals surface area contributed by atoms with Crippen molar-refractivity contribution in [1.82, 2.24) is 9.97 Å². The highest BCUT2D eigenvalue weighted by molar-refractivity contribution is 6.42. The van der Waals surface area contributed by atoms with E-state index in [-0.39, 0.29) is 11.3 Å². The molecule has 0 atom stereocenters. The molecule has 0 aliphatic carbocycles. The molecule has 2 aromatic rings. The summed E-state index contributed by atoms with van der Waals surface area (Å²) in [6, 6.07) is 4.99. The highest BCUT2D eigenvalue weighted by atomic mass is 35.5. The third kappa shape index (κ3) is 2.28. The second-order valence-corrected chi connectivity index (χ2v) is 4.06. The zero-order valence-corrected chi connectivity index (χ0v) is 10.3. The second kappa shape index (κ2) is 4.77. The van der Waals surface area contributed by atoms with Gasteiger partial charge in [-0.1, -0.05) is 29.3 Å². The highest BCUT2D eigenvalue weighted by Crippen LogP contribution is 2.30. The minimum absolute atomic E-state index is 0.144. The van der Waals surface area contributed by atoms with Gasteiger partial charge in [-0.3, -0.25) is 4.79 Å². The van der Waals surface area contributed by atoms with Crippen molar-refractivity contribution in [2.75, 3.05) is 7.11 Å². The Hall–Kier alpha value is -1.52. The Kier molecular flexibility index (Phi) is 3.36. The predicted octanol–water partition coefficient (Wildman–Crippen LogP) is 2.75. The molecule has 6 heteroatoms. The number of hydrogen-bond donors (Lipinski definition) is 1. The van der Waals surface area contributed by atoms with Gasteiger partial charge in [-0.25, -0.2) is 4.98 Å². The van der Waals surface area contributed by atoms with Crippen molar-refractivity contribution >= 4 is 23.2 Å². The largest absolute Gasteiger partial charge is 0.490 e. The van der Waals surface area contributed by atoms with Gasteiger partial charge in [0.2, 0.25) is 5.75 Å². The first kappa shape index (κ1) is 12.0. The van der Waals surface area contributed by atoms with Crippen LogP contribution in [-0.4, -0.2) is 17.1 Å². The zero-order chi connectivity index (χ0) is 12.4. The van der Waals surface area contributed by atoms with E-state index in [0.29, 0.717) is 21.3 Å². The zero-order valence-electron chi connectivity index (χ0n) is 8.83. The standard InChI is InChI=1S/C11H8Cl2N2O2/c1-17-10-9(14-5-15-11(10)16)6-2-3-7(12)8(13)4-6/h2-5H,1H3,(H,14,15,16). The van der Waals surface area contributed by atoms with Crippen LogP contribution in [0, 0.1) is 0 Å². The Morgan fingerprint density at radius 1 is 1.29 bits per heavy atom. The maximum atomic E-state index is 11.5. The van der Waals surface area contributed by atoms with Crippen molar-refractivity contribution in [3.8, 4) is 17.0 Å². The van der Waals surface area contributed by atoms with Crippen LogP contribution < -0.4 is 10.3 Å². The van der Waals surface area contributed by atoms with Crippen LogP contribution in [0.3, 0.4) is 0 Å². The van der Waals surface area contributed by atoms with Gasteiger partial charge in [0.05, 0.1) is 23.5 Å². The van der Waals surface area contributed by atoms with Gasteiger partial charge in [-0.05, 0) is 12.1 Å². The lowest BCUT2D eigenvalue weighted by molar-refractivity contribution is 0.408. The first-order chi connectivity index (χ1) is 8.13. The molecule has 2 rings (SSSR count). The molecular weight excluding hydrogens is 263 g/mol. The van der Waals surface area contributed by atoms with Gasteiger partial charge >= 0.3 is 0 Å². The van der Waals surface area contributed by atoms with E-state index in [1.54, 1.807) is 18.2 Å². The van der Waals surface area contributed by atoms with E-state index in [4.69, 9.17) is 27.9 Å². The van der Waals surface area contributed by atoms with E-state index >= 15 is 0 Å². The van der Waals surface area contributed by atoms with Crippen molar-refractivity contribution in [2.45, 2.75) is 0 Å². The number of nitrogens with one attached hydrogen (secondary N) is 1. The molecule has 4 nitrogen and oxygen atoms in total. The third-order valence-corrected chi connectivity index (χ3v) is 2.95. The Labute approximate surface area is 107 Å². The van der Waals surface area contributed by atoms with Crippen LogP contribution >= 0.6 is 23.2 Å². The van der Waals surface area contributed by atoms with Gasteiger partial charge < -0.3 is 9.72 Å². The van der Waals surface area contributed by atoms with Gasteiger partial charge in [0.15, 0.2) is 0 Å². The van der Waals surface area contributed by atoms with E-state index in [1.165, 1.54) is 13.4 Å². The summed E-state index contributed by atoms with van der Waals surface area (Å²) >= 11 is 11.7. The lowest BCUT2D eigenvalue weighted by Crippen LogP contribution is -2.11. The van der Waals surface area contributed by atoms with Crippen molar-refractivity contribution in [3.63, 3.8) is 0 Å². The average Bonchev–Trinajstić information content (AvgIpc) is 2.32. The molecule has 0 bridgehead atoms. The predicted molar refractivity (Wildman–Crippen MR) is 66.9 cm³/mol. The smallest absolute Gasteiger partial charge is 0.293 e. The molecular formula is C11H8Cl2N2O2.